The van der Waals surface area contributed by atoms with Gasteiger partial charge in [-0.15, -0.1) is 19.3 Å². The van der Waals surface area contributed by atoms with E-state index in [1.54, 1.807) is 20.8 Å². The maximum atomic E-state index is 13.4. The van der Waals surface area contributed by atoms with Gasteiger partial charge in [0.05, 0.1) is 92.5 Å². The van der Waals surface area contributed by atoms with E-state index in [1.165, 1.54) is 0 Å². The van der Waals surface area contributed by atoms with Gasteiger partial charge in [0.15, 0.2) is 5.92 Å². The standard InChI is InChI=1S/C54H72O15/c1-7-23-65-40-54(41-66-24-8-2,42-67-25-9-3)38-44(56)22-27-60-29-31-62-33-35-64-37-36-63-34-32-61-30-28-59-26-14-15-43(55)20-21-49(52(58)69-53(4,5)6)51(57)68-39-50-47-18-12-10-16-45(47)46-17-11-13-19-48(46)50/h1-3,10-13,16-19,49-50H,14-15,20-42H2,4-6H3/t49-/m1/s1. The molecule has 15 nitrogen and oxygen atoms in total. The molecule has 0 saturated heterocycles. The van der Waals surface area contributed by atoms with Gasteiger partial charge in [0.25, 0.3) is 0 Å². The highest BCUT2D eigenvalue weighted by Gasteiger charge is 2.36. The van der Waals surface area contributed by atoms with Crippen molar-refractivity contribution in [2.75, 3.05) is 126 Å². The quantitative estimate of drug-likeness (QED) is 0.0339. The molecule has 0 N–H and O–H groups in total. The van der Waals surface area contributed by atoms with Crippen molar-refractivity contribution in [3.63, 3.8) is 0 Å². The van der Waals surface area contributed by atoms with E-state index in [0.29, 0.717) is 79.1 Å². The van der Waals surface area contributed by atoms with Crippen LogP contribution in [0.25, 0.3) is 11.1 Å². The van der Waals surface area contributed by atoms with E-state index >= 15 is 0 Å². The molecular formula is C54H72O15. The van der Waals surface area contributed by atoms with E-state index in [2.05, 4.69) is 29.9 Å². The third-order valence-electron chi connectivity index (χ3n) is 10.5. The van der Waals surface area contributed by atoms with Crippen LogP contribution < -0.4 is 0 Å². The Morgan fingerprint density at radius 1 is 0.536 bits per heavy atom. The van der Waals surface area contributed by atoms with Crippen LogP contribution in [0.1, 0.15) is 76.3 Å². The number of hydrogen-bond acceptors (Lipinski definition) is 15. The van der Waals surface area contributed by atoms with Gasteiger partial charge in [-0.25, -0.2) is 0 Å². The monoisotopic (exact) mass is 960 g/mol. The van der Waals surface area contributed by atoms with Gasteiger partial charge < -0.3 is 52.1 Å². The van der Waals surface area contributed by atoms with Gasteiger partial charge in [-0.05, 0) is 55.9 Å². The zero-order chi connectivity index (χ0) is 50.0. The summed E-state index contributed by atoms with van der Waals surface area (Å²) >= 11 is 0. The van der Waals surface area contributed by atoms with E-state index < -0.39 is 28.9 Å². The Hall–Kier alpha value is -4.96. The summed E-state index contributed by atoms with van der Waals surface area (Å²) in [7, 11) is 0. The minimum Gasteiger partial charge on any atom is -0.464 e. The van der Waals surface area contributed by atoms with E-state index in [0.717, 1.165) is 22.3 Å². The van der Waals surface area contributed by atoms with E-state index in [9.17, 15) is 19.2 Å². The van der Waals surface area contributed by atoms with Crippen molar-refractivity contribution in [1.29, 1.82) is 0 Å². The van der Waals surface area contributed by atoms with Gasteiger partial charge in [0.1, 0.15) is 43.6 Å². The van der Waals surface area contributed by atoms with Gasteiger partial charge >= 0.3 is 11.9 Å². The molecule has 0 aromatic heterocycles. The molecule has 0 unspecified atom stereocenters. The summed E-state index contributed by atoms with van der Waals surface area (Å²) in [5.74, 6) is 4.34. The van der Waals surface area contributed by atoms with Gasteiger partial charge in [-0.1, -0.05) is 66.3 Å². The van der Waals surface area contributed by atoms with Crippen molar-refractivity contribution in [2.45, 2.75) is 70.8 Å². The number of esters is 2. The number of terminal acetylenes is 3. The summed E-state index contributed by atoms with van der Waals surface area (Å²) in [6, 6.07) is 16.0. The van der Waals surface area contributed by atoms with Crippen LogP contribution in [0.4, 0.5) is 0 Å². The Bertz CT molecular complexity index is 1860. The normalized spacial score (nSPS) is 12.6. The number of fused-ring (bicyclic) bond motifs is 3. The highest BCUT2D eigenvalue weighted by atomic mass is 16.6. The Kier molecular flexibility index (Phi) is 29.1. The van der Waals surface area contributed by atoms with Gasteiger partial charge in [-0.2, -0.15) is 0 Å². The first-order chi connectivity index (χ1) is 33.4. The minimum absolute atomic E-state index is 0.000279. The van der Waals surface area contributed by atoms with Crippen molar-refractivity contribution in [3.8, 4) is 48.2 Å². The van der Waals surface area contributed by atoms with Crippen molar-refractivity contribution < 1.29 is 71.3 Å². The lowest BCUT2D eigenvalue weighted by Gasteiger charge is -2.32. The molecule has 0 heterocycles. The average Bonchev–Trinajstić information content (AvgIpc) is 3.64. The van der Waals surface area contributed by atoms with Crippen molar-refractivity contribution in [3.05, 3.63) is 59.7 Å². The van der Waals surface area contributed by atoms with Crippen molar-refractivity contribution in [2.24, 2.45) is 11.3 Å². The molecule has 0 bridgehead atoms. The molecule has 0 spiro atoms. The second-order valence-corrected chi connectivity index (χ2v) is 17.4. The highest BCUT2D eigenvalue weighted by molar-refractivity contribution is 5.95. The Labute approximate surface area is 409 Å². The molecule has 0 aliphatic heterocycles. The lowest BCUT2D eigenvalue weighted by atomic mass is 9.84. The zero-order valence-corrected chi connectivity index (χ0v) is 40.8. The average molecular weight is 961 g/mol. The first-order valence-corrected chi connectivity index (χ1v) is 23.5. The molecule has 2 aromatic rings. The zero-order valence-electron chi connectivity index (χ0n) is 40.8. The summed E-state index contributed by atoms with van der Waals surface area (Å²) in [6.45, 7) is 10.3. The largest absolute Gasteiger partial charge is 0.464 e. The number of benzene rings is 2. The molecule has 1 aliphatic rings. The van der Waals surface area contributed by atoms with Crippen LogP contribution in [0.2, 0.25) is 0 Å². The van der Waals surface area contributed by atoms with Crippen LogP contribution in [0.15, 0.2) is 48.5 Å². The fourth-order valence-electron chi connectivity index (χ4n) is 7.36. The highest BCUT2D eigenvalue weighted by Crippen LogP contribution is 2.44. The number of ketones is 2. The maximum absolute atomic E-state index is 13.4. The number of carbonyl (C=O) groups is 4. The predicted octanol–water partition coefficient (Wildman–Crippen LogP) is 5.81. The van der Waals surface area contributed by atoms with Gasteiger partial charge in [-0.3, -0.25) is 19.2 Å². The lowest BCUT2D eigenvalue weighted by molar-refractivity contribution is -0.169. The Balaban J connectivity index is 1.16. The summed E-state index contributed by atoms with van der Waals surface area (Å²) in [4.78, 5) is 52.2. The first kappa shape index (κ1) is 58.4. The molecule has 1 atom stereocenters. The Morgan fingerprint density at radius 3 is 1.42 bits per heavy atom. The fourth-order valence-corrected chi connectivity index (χ4v) is 7.36. The third-order valence-corrected chi connectivity index (χ3v) is 10.5. The topological polar surface area (TPSA) is 170 Å². The first-order valence-electron chi connectivity index (χ1n) is 23.5. The molecule has 0 fully saturated rings. The van der Waals surface area contributed by atoms with Crippen LogP contribution in [0.5, 0.6) is 0 Å². The fraction of sp³-hybridized carbons (Fsp3) is 0.593. The lowest BCUT2D eigenvalue weighted by Crippen LogP contribution is -2.40. The maximum Gasteiger partial charge on any atom is 0.320 e. The van der Waals surface area contributed by atoms with E-state index in [4.69, 9.17) is 71.4 Å². The van der Waals surface area contributed by atoms with E-state index in [-0.39, 0.29) is 102 Å². The molecule has 0 radical (unpaired) electrons. The third kappa shape index (κ3) is 23.9. The summed E-state index contributed by atoms with van der Waals surface area (Å²) in [5.41, 5.74) is 2.73. The number of ether oxygens (including phenoxy) is 11. The number of carbonyl (C=O) groups excluding carboxylic acids is 4. The molecule has 378 valence electrons. The van der Waals surface area contributed by atoms with Crippen LogP contribution >= 0.6 is 0 Å². The molecular weight excluding hydrogens is 889 g/mol. The minimum atomic E-state index is -1.22. The molecule has 0 saturated carbocycles. The second-order valence-electron chi connectivity index (χ2n) is 17.4. The number of hydrogen-bond donors (Lipinski definition) is 0. The van der Waals surface area contributed by atoms with Gasteiger partial charge in [0.2, 0.25) is 0 Å². The summed E-state index contributed by atoms with van der Waals surface area (Å²) in [6.07, 6.45) is 17.0. The smallest absolute Gasteiger partial charge is 0.320 e. The molecule has 69 heavy (non-hydrogen) atoms. The molecule has 0 amide bonds. The van der Waals surface area contributed by atoms with Crippen LogP contribution in [0.3, 0.4) is 0 Å². The van der Waals surface area contributed by atoms with Crippen LogP contribution in [-0.4, -0.2) is 155 Å². The Morgan fingerprint density at radius 2 is 0.971 bits per heavy atom. The van der Waals surface area contributed by atoms with Gasteiger partial charge in [0, 0.05) is 43.6 Å². The number of rotatable bonds is 40. The van der Waals surface area contributed by atoms with Crippen LogP contribution in [-0.2, 0) is 71.3 Å². The summed E-state index contributed by atoms with van der Waals surface area (Å²) < 4.78 is 61.4. The predicted molar refractivity (Wildman–Crippen MR) is 258 cm³/mol. The molecule has 1 aliphatic carbocycles. The molecule has 2 aromatic carbocycles. The van der Waals surface area contributed by atoms with Crippen molar-refractivity contribution >= 4 is 23.5 Å². The molecule has 15 heteroatoms. The molecule has 3 rings (SSSR count). The van der Waals surface area contributed by atoms with Crippen LogP contribution in [0, 0.1) is 48.4 Å². The number of Topliss-reactive ketones (excluding diaryl/α,β-unsaturated/α-hetero) is 2. The summed E-state index contributed by atoms with van der Waals surface area (Å²) in [5, 5.41) is 0. The van der Waals surface area contributed by atoms with E-state index in [1.807, 2.05) is 36.4 Å². The van der Waals surface area contributed by atoms with Crippen molar-refractivity contribution in [1.82, 2.24) is 0 Å². The second kappa shape index (κ2) is 34.4. The SMILES string of the molecule is C#CCOCC(COCC#C)(COCC#C)CC(=O)CCOCCOCCOCCOCCOCCOCCCC(=O)CC[C@H](C(=O)OCC1c2ccccc2-c2ccccc21)C(=O)OC(C)(C)C.